The summed E-state index contributed by atoms with van der Waals surface area (Å²) >= 11 is 3.59. The van der Waals surface area contributed by atoms with E-state index in [1.807, 2.05) is 0 Å². The summed E-state index contributed by atoms with van der Waals surface area (Å²) in [6.07, 6.45) is 1.01. The number of benzene rings is 2. The molecule has 1 N–H and O–H groups in total. The second-order valence-electron chi connectivity index (χ2n) is 5.69. The van der Waals surface area contributed by atoms with Crippen LogP contribution in [0.5, 0.6) is 5.75 Å². The lowest BCUT2D eigenvalue weighted by Gasteiger charge is -2.12. The van der Waals surface area contributed by atoms with Gasteiger partial charge in [-0.2, -0.15) is 0 Å². The van der Waals surface area contributed by atoms with Crippen LogP contribution in [0.2, 0.25) is 0 Å². The lowest BCUT2D eigenvalue weighted by molar-refractivity contribution is 0.352. The van der Waals surface area contributed by atoms with Gasteiger partial charge in [0.2, 0.25) is 0 Å². The van der Waals surface area contributed by atoms with Gasteiger partial charge in [0.05, 0.1) is 6.61 Å². The van der Waals surface area contributed by atoms with Crippen molar-refractivity contribution in [3.8, 4) is 5.75 Å². The number of rotatable bonds is 4. The number of fused-ring (bicyclic) bond motifs is 1. The number of ether oxygens (including phenoxy) is 1. The molecule has 21 heavy (non-hydrogen) atoms. The summed E-state index contributed by atoms with van der Waals surface area (Å²) < 4.78 is 6.90. The molecule has 0 unspecified atom stereocenters. The largest absolute Gasteiger partial charge is 0.493 e. The molecule has 3 rings (SSSR count). The topological polar surface area (TPSA) is 21.3 Å². The van der Waals surface area contributed by atoms with Gasteiger partial charge in [-0.05, 0) is 42.7 Å². The minimum atomic E-state index is 0.801. The third kappa shape index (κ3) is 3.30. The maximum absolute atomic E-state index is 5.77. The first-order chi connectivity index (χ1) is 10.1. The Morgan fingerprint density at radius 2 is 1.90 bits per heavy atom. The predicted octanol–water partition coefficient (Wildman–Crippen LogP) is 4.29. The highest BCUT2D eigenvalue weighted by Gasteiger charge is 2.17. The summed E-state index contributed by atoms with van der Waals surface area (Å²) in [5.74, 6) is 1.08. The molecule has 0 radical (unpaired) electrons. The molecule has 0 fully saturated rings. The average Bonchev–Trinajstić information content (AvgIpc) is 2.90. The van der Waals surface area contributed by atoms with E-state index in [0.29, 0.717) is 0 Å². The molecule has 0 aromatic heterocycles. The Labute approximate surface area is 134 Å². The molecule has 3 heteroatoms. The van der Waals surface area contributed by atoms with E-state index in [1.54, 1.807) is 0 Å². The van der Waals surface area contributed by atoms with Crippen LogP contribution in [-0.2, 0) is 19.5 Å². The third-order valence-electron chi connectivity index (χ3n) is 3.96. The zero-order chi connectivity index (χ0) is 14.8. The minimum Gasteiger partial charge on any atom is -0.493 e. The van der Waals surface area contributed by atoms with Crippen molar-refractivity contribution in [2.45, 2.75) is 33.4 Å². The molecule has 2 aromatic carbocycles. The highest BCUT2D eigenvalue weighted by Crippen LogP contribution is 2.32. The molecule has 0 bridgehead atoms. The van der Waals surface area contributed by atoms with Crippen molar-refractivity contribution >= 4 is 15.9 Å². The number of hydrogen-bond donors (Lipinski definition) is 1. The van der Waals surface area contributed by atoms with Gasteiger partial charge in [0, 0.05) is 29.5 Å². The molecular weight excluding hydrogens is 326 g/mol. The van der Waals surface area contributed by atoms with Crippen LogP contribution in [0.3, 0.4) is 0 Å². The normalized spacial score (nSPS) is 13.1. The van der Waals surface area contributed by atoms with E-state index in [0.717, 1.165) is 36.3 Å². The first-order valence-corrected chi connectivity index (χ1v) is 8.14. The summed E-state index contributed by atoms with van der Waals surface area (Å²) in [6.45, 7) is 6.81. The van der Waals surface area contributed by atoms with Crippen LogP contribution in [0.4, 0.5) is 0 Å². The molecule has 0 spiro atoms. The summed E-state index contributed by atoms with van der Waals surface area (Å²) in [6, 6.07) is 10.9. The Morgan fingerprint density at radius 3 is 2.76 bits per heavy atom. The first kappa shape index (κ1) is 14.6. The standard InChI is InChI=1S/C18H20BrNO/c1-12-3-4-13(2)15(7-12)10-20-11-16-9-17(19)8-14-5-6-21-18(14)16/h3-4,7-9,20H,5-6,10-11H2,1-2H3. The molecule has 0 atom stereocenters. The van der Waals surface area contributed by atoms with Gasteiger partial charge in [0.25, 0.3) is 0 Å². The fraction of sp³-hybridized carbons (Fsp3) is 0.333. The second-order valence-corrected chi connectivity index (χ2v) is 6.60. The highest BCUT2D eigenvalue weighted by atomic mass is 79.9. The van der Waals surface area contributed by atoms with Crippen LogP contribution in [0, 0.1) is 13.8 Å². The quantitative estimate of drug-likeness (QED) is 0.892. The van der Waals surface area contributed by atoms with E-state index in [1.165, 1.54) is 27.8 Å². The van der Waals surface area contributed by atoms with Gasteiger partial charge in [0.1, 0.15) is 5.75 Å². The maximum Gasteiger partial charge on any atom is 0.127 e. The van der Waals surface area contributed by atoms with Crippen molar-refractivity contribution in [1.82, 2.24) is 5.32 Å². The molecule has 2 aromatic rings. The fourth-order valence-corrected chi connectivity index (χ4v) is 3.35. The van der Waals surface area contributed by atoms with Crippen LogP contribution in [0.25, 0.3) is 0 Å². The number of halogens is 1. The van der Waals surface area contributed by atoms with Crippen molar-refractivity contribution in [3.63, 3.8) is 0 Å². The van der Waals surface area contributed by atoms with Gasteiger partial charge in [-0.25, -0.2) is 0 Å². The van der Waals surface area contributed by atoms with Gasteiger partial charge in [-0.3, -0.25) is 0 Å². The molecule has 1 aliphatic rings. The molecule has 110 valence electrons. The SMILES string of the molecule is Cc1ccc(C)c(CNCc2cc(Br)cc3c2OCC3)c1. The molecule has 0 saturated carbocycles. The van der Waals surface area contributed by atoms with E-state index in [9.17, 15) is 0 Å². The molecule has 0 aliphatic carbocycles. The van der Waals surface area contributed by atoms with Crippen LogP contribution >= 0.6 is 15.9 Å². The smallest absolute Gasteiger partial charge is 0.127 e. The molecule has 1 heterocycles. The summed E-state index contributed by atoms with van der Waals surface area (Å²) in [5.41, 5.74) is 6.56. The Kier molecular flexibility index (Phi) is 4.32. The van der Waals surface area contributed by atoms with Crippen LogP contribution < -0.4 is 10.1 Å². The predicted molar refractivity (Wildman–Crippen MR) is 89.8 cm³/mol. The molecule has 2 nitrogen and oxygen atoms in total. The van der Waals surface area contributed by atoms with Crippen molar-refractivity contribution in [1.29, 1.82) is 0 Å². The van der Waals surface area contributed by atoms with Gasteiger partial charge in [0.15, 0.2) is 0 Å². The molecule has 0 saturated heterocycles. The zero-order valence-corrected chi connectivity index (χ0v) is 14.1. The summed E-state index contributed by atoms with van der Waals surface area (Å²) in [7, 11) is 0. The molecular formula is C18H20BrNO. The second kappa shape index (κ2) is 6.20. The zero-order valence-electron chi connectivity index (χ0n) is 12.5. The molecule has 0 amide bonds. The van der Waals surface area contributed by atoms with Gasteiger partial charge in [-0.1, -0.05) is 39.7 Å². The Hall–Kier alpha value is -1.32. The van der Waals surface area contributed by atoms with Crippen LogP contribution in [0.15, 0.2) is 34.8 Å². The summed E-state index contributed by atoms with van der Waals surface area (Å²) in [5, 5.41) is 3.54. The van der Waals surface area contributed by atoms with Crippen molar-refractivity contribution in [2.75, 3.05) is 6.61 Å². The van der Waals surface area contributed by atoms with Crippen molar-refractivity contribution < 1.29 is 4.74 Å². The monoisotopic (exact) mass is 345 g/mol. The van der Waals surface area contributed by atoms with E-state index >= 15 is 0 Å². The van der Waals surface area contributed by atoms with Gasteiger partial charge in [-0.15, -0.1) is 0 Å². The number of aryl methyl sites for hydroxylation is 2. The average molecular weight is 346 g/mol. The van der Waals surface area contributed by atoms with E-state index < -0.39 is 0 Å². The number of nitrogens with one attached hydrogen (secondary N) is 1. The Balaban J connectivity index is 1.70. The van der Waals surface area contributed by atoms with Crippen molar-refractivity contribution in [3.05, 3.63) is 62.6 Å². The van der Waals surface area contributed by atoms with Crippen LogP contribution in [-0.4, -0.2) is 6.61 Å². The maximum atomic E-state index is 5.77. The van der Waals surface area contributed by atoms with E-state index in [-0.39, 0.29) is 0 Å². The minimum absolute atomic E-state index is 0.801. The Bertz CT molecular complexity index is 667. The Morgan fingerprint density at radius 1 is 1.10 bits per heavy atom. The lowest BCUT2D eigenvalue weighted by atomic mass is 10.1. The number of hydrogen-bond acceptors (Lipinski definition) is 2. The molecule has 1 aliphatic heterocycles. The lowest BCUT2D eigenvalue weighted by Crippen LogP contribution is -2.14. The van der Waals surface area contributed by atoms with E-state index in [2.05, 4.69) is 65.4 Å². The van der Waals surface area contributed by atoms with Gasteiger partial charge >= 0.3 is 0 Å². The van der Waals surface area contributed by atoms with Gasteiger partial charge < -0.3 is 10.1 Å². The third-order valence-corrected chi connectivity index (χ3v) is 4.42. The van der Waals surface area contributed by atoms with Crippen LogP contribution in [0.1, 0.15) is 27.8 Å². The fourth-order valence-electron chi connectivity index (χ4n) is 2.80. The first-order valence-electron chi connectivity index (χ1n) is 7.34. The van der Waals surface area contributed by atoms with E-state index in [4.69, 9.17) is 4.74 Å². The summed E-state index contributed by atoms with van der Waals surface area (Å²) in [4.78, 5) is 0. The highest BCUT2D eigenvalue weighted by molar-refractivity contribution is 9.10. The van der Waals surface area contributed by atoms with Crippen molar-refractivity contribution in [2.24, 2.45) is 0 Å².